The molecule has 164 valence electrons. The first-order valence-electron chi connectivity index (χ1n) is 9.71. The van der Waals surface area contributed by atoms with E-state index in [0.29, 0.717) is 32.1 Å². The monoisotopic (exact) mass is 467 g/mol. The number of rotatable bonds is 5. The van der Waals surface area contributed by atoms with E-state index in [9.17, 15) is 9.59 Å². The zero-order valence-corrected chi connectivity index (χ0v) is 19.6. The molecule has 7 nitrogen and oxygen atoms in total. The summed E-state index contributed by atoms with van der Waals surface area (Å²) in [5.41, 5.74) is 2.06. The average Bonchev–Trinajstić information content (AvgIpc) is 3.19. The predicted molar refractivity (Wildman–Crippen MR) is 131 cm³/mol. The number of benzene rings is 2. The van der Waals surface area contributed by atoms with Gasteiger partial charge < -0.3 is 9.47 Å². The van der Waals surface area contributed by atoms with E-state index in [2.05, 4.69) is 0 Å². The Bertz CT molecular complexity index is 1310. The van der Waals surface area contributed by atoms with Crippen molar-refractivity contribution in [2.45, 2.75) is 6.92 Å². The van der Waals surface area contributed by atoms with Crippen LogP contribution in [-0.2, 0) is 11.8 Å². The number of ether oxygens (including phenoxy) is 2. The van der Waals surface area contributed by atoms with Gasteiger partial charge in [0.15, 0.2) is 15.8 Å². The Morgan fingerprint density at radius 1 is 1.00 bits per heavy atom. The summed E-state index contributed by atoms with van der Waals surface area (Å²) in [4.78, 5) is 28.4. The highest BCUT2D eigenvalue weighted by Crippen LogP contribution is 2.37. The zero-order chi connectivity index (χ0) is 23.0. The Labute approximate surface area is 194 Å². The van der Waals surface area contributed by atoms with Gasteiger partial charge in [-0.1, -0.05) is 48.2 Å². The van der Waals surface area contributed by atoms with Gasteiger partial charge in [-0.25, -0.2) is 4.68 Å². The van der Waals surface area contributed by atoms with Crippen LogP contribution in [0.2, 0.25) is 0 Å². The summed E-state index contributed by atoms with van der Waals surface area (Å²) in [6.45, 7) is 1.80. The van der Waals surface area contributed by atoms with E-state index in [-0.39, 0.29) is 17.2 Å². The summed E-state index contributed by atoms with van der Waals surface area (Å²) < 4.78 is 14.2. The molecule has 1 aromatic heterocycles. The number of hydrogen-bond acceptors (Lipinski definition) is 6. The van der Waals surface area contributed by atoms with Gasteiger partial charge in [-0.3, -0.25) is 19.2 Å². The molecule has 1 aliphatic heterocycles. The van der Waals surface area contributed by atoms with Crippen LogP contribution in [0, 0.1) is 6.92 Å². The number of thioether (sulfide) groups is 1. The number of nitrogens with zero attached hydrogens (tertiary/aromatic N) is 3. The van der Waals surface area contributed by atoms with Gasteiger partial charge in [-0.05, 0) is 42.8 Å². The number of thiocarbonyl (C=S) groups is 1. The van der Waals surface area contributed by atoms with Crippen molar-refractivity contribution in [2.24, 2.45) is 7.05 Å². The normalized spacial score (nSPS) is 15.0. The molecule has 0 unspecified atom stereocenters. The molecule has 0 aliphatic carbocycles. The molecule has 0 atom stereocenters. The molecule has 0 radical (unpaired) electrons. The maximum absolute atomic E-state index is 13.3. The highest BCUT2D eigenvalue weighted by Gasteiger charge is 2.37. The van der Waals surface area contributed by atoms with E-state index in [1.165, 1.54) is 9.58 Å². The number of carbonyl (C=O) groups excluding carboxylic acids is 1. The highest BCUT2D eigenvalue weighted by molar-refractivity contribution is 8.27. The zero-order valence-electron chi connectivity index (χ0n) is 18.0. The van der Waals surface area contributed by atoms with Crippen molar-refractivity contribution in [1.29, 1.82) is 0 Å². The molecule has 1 aliphatic rings. The number of anilines is 1. The molecular weight excluding hydrogens is 446 g/mol. The van der Waals surface area contributed by atoms with E-state index in [1.807, 2.05) is 36.4 Å². The topological polar surface area (TPSA) is 65.7 Å². The summed E-state index contributed by atoms with van der Waals surface area (Å²) in [6.07, 6.45) is 1.73. The van der Waals surface area contributed by atoms with Gasteiger partial charge in [0.2, 0.25) is 0 Å². The van der Waals surface area contributed by atoms with Crippen LogP contribution in [-0.4, -0.2) is 33.8 Å². The first-order chi connectivity index (χ1) is 15.4. The molecule has 0 spiro atoms. The van der Waals surface area contributed by atoms with Crippen LogP contribution in [0.15, 0.2) is 58.2 Å². The lowest BCUT2D eigenvalue weighted by Gasteiger charge is -2.12. The lowest BCUT2D eigenvalue weighted by Crippen LogP contribution is -2.33. The van der Waals surface area contributed by atoms with Crippen molar-refractivity contribution < 1.29 is 14.3 Å². The smallest absolute Gasteiger partial charge is 0.296 e. The minimum atomic E-state index is -0.333. The maximum Gasteiger partial charge on any atom is 0.296 e. The fourth-order valence-electron chi connectivity index (χ4n) is 3.57. The summed E-state index contributed by atoms with van der Waals surface area (Å²) in [5, 5.41) is 0. The molecule has 1 amide bonds. The first-order valence-corrected chi connectivity index (χ1v) is 10.9. The van der Waals surface area contributed by atoms with Crippen molar-refractivity contribution in [2.75, 3.05) is 19.1 Å². The van der Waals surface area contributed by atoms with Gasteiger partial charge in [0.05, 0.1) is 30.5 Å². The molecule has 2 aromatic carbocycles. The van der Waals surface area contributed by atoms with Gasteiger partial charge in [0.25, 0.3) is 11.5 Å². The summed E-state index contributed by atoms with van der Waals surface area (Å²) in [6, 6.07) is 14.6. The van der Waals surface area contributed by atoms with E-state index in [0.717, 1.165) is 17.3 Å². The van der Waals surface area contributed by atoms with Crippen molar-refractivity contribution in [3.8, 4) is 17.2 Å². The Kier molecular flexibility index (Phi) is 5.94. The van der Waals surface area contributed by atoms with Gasteiger partial charge in [-0.2, -0.15) is 0 Å². The van der Waals surface area contributed by atoms with E-state index in [4.69, 9.17) is 21.7 Å². The van der Waals surface area contributed by atoms with Crippen molar-refractivity contribution in [3.05, 3.63) is 75.0 Å². The maximum atomic E-state index is 13.3. The SMILES string of the molecule is COc1ccc(/C=C2\SC(=S)N(c3c(C)n(C)n(-c4ccccc4)c3=O)C2=O)cc1OC. The molecule has 0 N–H and O–H groups in total. The molecule has 0 bridgehead atoms. The van der Waals surface area contributed by atoms with Gasteiger partial charge >= 0.3 is 0 Å². The number of methoxy groups -OCH3 is 2. The molecular formula is C23H21N3O4S2. The third-order valence-electron chi connectivity index (χ3n) is 5.25. The van der Waals surface area contributed by atoms with Crippen LogP contribution < -0.4 is 19.9 Å². The van der Waals surface area contributed by atoms with E-state index in [1.54, 1.807) is 51.1 Å². The summed E-state index contributed by atoms with van der Waals surface area (Å²) in [7, 11) is 4.90. The van der Waals surface area contributed by atoms with Gasteiger partial charge in [0.1, 0.15) is 5.69 Å². The Balaban J connectivity index is 1.75. The number of carbonyl (C=O) groups is 1. The molecule has 1 fully saturated rings. The van der Waals surface area contributed by atoms with E-state index >= 15 is 0 Å². The minimum Gasteiger partial charge on any atom is -0.493 e. The lowest BCUT2D eigenvalue weighted by molar-refractivity contribution is -0.113. The van der Waals surface area contributed by atoms with Gasteiger partial charge in [-0.15, -0.1) is 0 Å². The van der Waals surface area contributed by atoms with Crippen LogP contribution in [0.3, 0.4) is 0 Å². The van der Waals surface area contributed by atoms with Crippen LogP contribution >= 0.6 is 24.0 Å². The minimum absolute atomic E-state index is 0.259. The second-order valence-electron chi connectivity index (χ2n) is 7.04. The number of para-hydroxylation sites is 1. The molecule has 0 saturated carbocycles. The number of aromatic nitrogens is 2. The van der Waals surface area contributed by atoms with Crippen molar-refractivity contribution in [3.63, 3.8) is 0 Å². The van der Waals surface area contributed by atoms with Crippen LogP contribution in [0.5, 0.6) is 11.5 Å². The third-order valence-corrected chi connectivity index (χ3v) is 6.55. The highest BCUT2D eigenvalue weighted by atomic mass is 32.2. The van der Waals surface area contributed by atoms with Crippen molar-refractivity contribution in [1.82, 2.24) is 9.36 Å². The van der Waals surface area contributed by atoms with Crippen LogP contribution in [0.25, 0.3) is 11.8 Å². The molecule has 32 heavy (non-hydrogen) atoms. The quantitative estimate of drug-likeness (QED) is 0.419. The second kappa shape index (κ2) is 8.68. The van der Waals surface area contributed by atoms with Crippen LogP contribution in [0.1, 0.15) is 11.3 Å². The van der Waals surface area contributed by atoms with Crippen molar-refractivity contribution >= 4 is 46.0 Å². The molecule has 3 aromatic rings. The Morgan fingerprint density at radius 2 is 1.69 bits per heavy atom. The van der Waals surface area contributed by atoms with Gasteiger partial charge in [0, 0.05) is 7.05 Å². The fourth-order valence-corrected chi connectivity index (χ4v) is 4.84. The number of hydrogen-bond donors (Lipinski definition) is 0. The van der Waals surface area contributed by atoms with E-state index < -0.39 is 0 Å². The fraction of sp³-hybridized carbons (Fsp3) is 0.174. The molecule has 4 rings (SSSR count). The summed E-state index contributed by atoms with van der Waals surface area (Å²) >= 11 is 6.66. The Morgan fingerprint density at radius 3 is 2.34 bits per heavy atom. The summed E-state index contributed by atoms with van der Waals surface area (Å²) in [5.74, 6) is 0.820. The molecule has 1 saturated heterocycles. The molecule has 9 heteroatoms. The largest absolute Gasteiger partial charge is 0.493 e. The van der Waals surface area contributed by atoms with Crippen LogP contribution in [0.4, 0.5) is 5.69 Å². The number of amides is 1. The third kappa shape index (κ3) is 3.63. The Hall–Kier alpha value is -3.30. The first kappa shape index (κ1) is 21.9. The predicted octanol–water partition coefficient (Wildman–Crippen LogP) is 3.91. The lowest BCUT2D eigenvalue weighted by atomic mass is 10.2. The average molecular weight is 468 g/mol. The standard InChI is InChI=1S/C23H21N3O4S2/c1-14-20(22(28)26(24(14)2)16-8-6-5-7-9-16)25-21(27)19(32-23(25)31)13-15-10-11-17(29-3)18(12-15)30-4/h5-13H,1-4H3/b19-13-. The second-order valence-corrected chi connectivity index (χ2v) is 8.72. The molecule has 2 heterocycles.